The van der Waals surface area contributed by atoms with Crippen LogP contribution in [0.5, 0.6) is 0 Å². The molecule has 0 aliphatic heterocycles. The number of carbonyl (C=O) groups excluding carboxylic acids is 1. The van der Waals surface area contributed by atoms with Gasteiger partial charge in [-0.05, 0) is 74.5 Å². The first-order valence-corrected chi connectivity index (χ1v) is 6.83. The molecule has 0 spiro atoms. The molecule has 2 nitrogen and oxygen atoms in total. The van der Waals surface area contributed by atoms with Crippen LogP contribution < -0.4 is 0 Å². The van der Waals surface area contributed by atoms with Crippen molar-refractivity contribution in [3.63, 3.8) is 0 Å². The molecule has 88 valence electrons. The fourth-order valence-electron chi connectivity index (χ4n) is 5.17. The zero-order chi connectivity index (χ0) is 11.0. The van der Waals surface area contributed by atoms with Gasteiger partial charge in [0.15, 0.2) is 0 Å². The van der Waals surface area contributed by atoms with Gasteiger partial charge in [-0.15, -0.1) is 0 Å². The monoisotopic (exact) mass is 219 g/mol. The van der Waals surface area contributed by atoms with Gasteiger partial charge in [0.25, 0.3) is 0 Å². The molecule has 0 heterocycles. The first-order chi connectivity index (χ1) is 7.80. The average molecular weight is 219 g/mol. The molecule has 0 amide bonds. The van der Waals surface area contributed by atoms with Crippen LogP contribution in [0.15, 0.2) is 4.99 Å². The number of nitrogens with zero attached hydrogens (tertiary/aromatic N) is 1. The summed E-state index contributed by atoms with van der Waals surface area (Å²) in [6.07, 6.45) is 13.0. The van der Waals surface area contributed by atoms with Crippen molar-refractivity contribution in [2.24, 2.45) is 28.2 Å². The van der Waals surface area contributed by atoms with Gasteiger partial charge in [-0.3, -0.25) is 0 Å². The van der Waals surface area contributed by atoms with Crippen molar-refractivity contribution in [3.05, 3.63) is 0 Å². The maximum absolute atomic E-state index is 10.0. The van der Waals surface area contributed by atoms with Gasteiger partial charge >= 0.3 is 0 Å². The summed E-state index contributed by atoms with van der Waals surface area (Å²) in [5.41, 5.74) is 0.660. The van der Waals surface area contributed by atoms with E-state index in [0.29, 0.717) is 12.0 Å². The highest BCUT2D eigenvalue weighted by atomic mass is 16.1. The molecule has 4 rings (SSSR count). The lowest BCUT2D eigenvalue weighted by Gasteiger charge is -2.57. The van der Waals surface area contributed by atoms with E-state index in [2.05, 4.69) is 4.99 Å². The smallest absolute Gasteiger partial charge is 0.211 e. The third kappa shape index (κ3) is 1.84. The van der Waals surface area contributed by atoms with Gasteiger partial charge in [-0.25, -0.2) is 9.79 Å². The highest BCUT2D eigenvalue weighted by molar-refractivity contribution is 5.32. The number of hydrogen-bond donors (Lipinski definition) is 0. The summed E-state index contributed by atoms with van der Waals surface area (Å²) < 4.78 is 0. The van der Waals surface area contributed by atoms with Crippen LogP contribution in [0, 0.1) is 23.2 Å². The fourth-order valence-corrected chi connectivity index (χ4v) is 5.17. The minimum atomic E-state index is 0.660. The largest absolute Gasteiger partial charge is 0.234 e. The van der Waals surface area contributed by atoms with Crippen LogP contribution in [0.3, 0.4) is 0 Å². The molecule has 2 heteroatoms. The summed E-state index contributed by atoms with van der Waals surface area (Å²) in [6.45, 7) is 0.700. The standard InChI is InChI=1S/C14H21NO/c16-10-15-3-1-2-14-7-11-4-12(8-14)6-13(5-11)9-14/h11-13H,1-9H2. The molecule has 4 aliphatic rings. The molecule has 4 fully saturated rings. The van der Waals surface area contributed by atoms with Crippen molar-refractivity contribution in [1.82, 2.24) is 0 Å². The highest BCUT2D eigenvalue weighted by Gasteiger charge is 2.50. The van der Waals surface area contributed by atoms with Crippen LogP contribution >= 0.6 is 0 Å². The minimum absolute atomic E-state index is 0.660. The molecule has 0 unspecified atom stereocenters. The van der Waals surface area contributed by atoms with E-state index in [0.717, 1.165) is 24.2 Å². The molecule has 0 aromatic rings. The molecule has 16 heavy (non-hydrogen) atoms. The molecular formula is C14H21NO. The third-order valence-corrected chi connectivity index (χ3v) is 5.21. The normalized spacial score (nSPS) is 44.4. The summed E-state index contributed by atoms with van der Waals surface area (Å²) in [6, 6.07) is 0. The Morgan fingerprint density at radius 2 is 1.62 bits per heavy atom. The van der Waals surface area contributed by atoms with E-state index in [1.54, 1.807) is 6.08 Å². The molecule has 4 saturated carbocycles. The van der Waals surface area contributed by atoms with Crippen LogP contribution in [-0.4, -0.2) is 12.6 Å². The van der Waals surface area contributed by atoms with Crippen LogP contribution in [-0.2, 0) is 4.79 Å². The van der Waals surface area contributed by atoms with Crippen molar-refractivity contribution in [3.8, 4) is 0 Å². The minimum Gasteiger partial charge on any atom is -0.211 e. The van der Waals surface area contributed by atoms with E-state index >= 15 is 0 Å². The second-order valence-corrected chi connectivity index (χ2v) is 6.49. The fraction of sp³-hybridized carbons (Fsp3) is 0.929. The van der Waals surface area contributed by atoms with Crippen molar-refractivity contribution >= 4 is 6.08 Å². The third-order valence-electron chi connectivity index (χ3n) is 5.21. The number of rotatable bonds is 4. The predicted octanol–water partition coefficient (Wildman–Crippen LogP) is 3.32. The Balaban J connectivity index is 1.62. The molecule has 4 aliphatic carbocycles. The van der Waals surface area contributed by atoms with E-state index < -0.39 is 0 Å². The van der Waals surface area contributed by atoms with Gasteiger partial charge in [0.05, 0.1) is 6.54 Å². The lowest BCUT2D eigenvalue weighted by molar-refractivity contribution is -0.0577. The number of aliphatic imine (C=N–C) groups is 1. The van der Waals surface area contributed by atoms with Crippen molar-refractivity contribution in [2.75, 3.05) is 6.54 Å². The molecule has 0 N–H and O–H groups in total. The molecule has 0 aromatic heterocycles. The van der Waals surface area contributed by atoms with Crippen molar-refractivity contribution in [1.29, 1.82) is 0 Å². The first kappa shape index (κ1) is 10.5. The Labute approximate surface area is 97.5 Å². The van der Waals surface area contributed by atoms with Gasteiger partial charge in [0.1, 0.15) is 0 Å². The maximum Gasteiger partial charge on any atom is 0.234 e. The lowest BCUT2D eigenvalue weighted by atomic mass is 9.48. The molecule has 0 saturated heterocycles. The first-order valence-electron chi connectivity index (χ1n) is 6.83. The molecule has 0 atom stereocenters. The van der Waals surface area contributed by atoms with Gasteiger partial charge in [0, 0.05) is 0 Å². The summed E-state index contributed by atoms with van der Waals surface area (Å²) in [4.78, 5) is 13.7. The lowest BCUT2D eigenvalue weighted by Crippen LogP contribution is -2.46. The van der Waals surface area contributed by atoms with E-state index in [1.807, 2.05) is 0 Å². The Kier molecular flexibility index (Phi) is 2.63. The van der Waals surface area contributed by atoms with Crippen LogP contribution in [0.4, 0.5) is 0 Å². The Hall–Kier alpha value is -0.620. The van der Waals surface area contributed by atoms with Gasteiger partial charge in [0.2, 0.25) is 6.08 Å². The van der Waals surface area contributed by atoms with Crippen LogP contribution in [0.1, 0.15) is 51.4 Å². The molecule has 0 aromatic carbocycles. The number of isocyanates is 1. The van der Waals surface area contributed by atoms with Crippen LogP contribution in [0.25, 0.3) is 0 Å². The van der Waals surface area contributed by atoms with E-state index in [4.69, 9.17) is 0 Å². The molecular weight excluding hydrogens is 198 g/mol. The zero-order valence-electron chi connectivity index (χ0n) is 9.95. The second-order valence-electron chi connectivity index (χ2n) is 6.49. The van der Waals surface area contributed by atoms with Crippen molar-refractivity contribution < 1.29 is 4.79 Å². The van der Waals surface area contributed by atoms with E-state index in [9.17, 15) is 4.79 Å². The van der Waals surface area contributed by atoms with Crippen LogP contribution in [0.2, 0.25) is 0 Å². The van der Waals surface area contributed by atoms with Gasteiger partial charge in [-0.2, -0.15) is 0 Å². The second kappa shape index (κ2) is 4.00. The Bertz CT molecular complexity index is 281. The summed E-state index contributed by atoms with van der Waals surface area (Å²) in [7, 11) is 0. The average Bonchev–Trinajstić information content (AvgIpc) is 2.22. The molecule has 0 radical (unpaired) electrons. The Morgan fingerprint density at radius 3 is 2.12 bits per heavy atom. The summed E-state index contributed by atoms with van der Waals surface area (Å²) in [5.74, 6) is 3.13. The topological polar surface area (TPSA) is 29.4 Å². The summed E-state index contributed by atoms with van der Waals surface area (Å²) >= 11 is 0. The SMILES string of the molecule is O=C=NCCCC12CC3CC(CC(C3)C1)C2. The summed E-state index contributed by atoms with van der Waals surface area (Å²) in [5, 5.41) is 0. The Morgan fingerprint density at radius 1 is 1.06 bits per heavy atom. The predicted molar refractivity (Wildman–Crippen MR) is 62.8 cm³/mol. The van der Waals surface area contributed by atoms with Gasteiger partial charge in [-0.1, -0.05) is 0 Å². The number of hydrogen-bond acceptors (Lipinski definition) is 2. The quantitative estimate of drug-likeness (QED) is 0.405. The molecule has 4 bridgehead atoms. The highest BCUT2D eigenvalue weighted by Crippen LogP contribution is 2.61. The maximum atomic E-state index is 10.0. The van der Waals surface area contributed by atoms with E-state index in [1.165, 1.54) is 44.9 Å². The van der Waals surface area contributed by atoms with Crippen molar-refractivity contribution in [2.45, 2.75) is 51.4 Å². The van der Waals surface area contributed by atoms with E-state index in [-0.39, 0.29) is 0 Å². The van der Waals surface area contributed by atoms with Gasteiger partial charge < -0.3 is 0 Å². The zero-order valence-corrected chi connectivity index (χ0v) is 9.95.